The summed E-state index contributed by atoms with van der Waals surface area (Å²) < 4.78 is 5.54. The highest BCUT2D eigenvalue weighted by Crippen LogP contribution is 2.28. The fourth-order valence-corrected chi connectivity index (χ4v) is 2.13. The van der Waals surface area contributed by atoms with Gasteiger partial charge < -0.3 is 20.7 Å². The second-order valence-corrected chi connectivity index (χ2v) is 5.35. The van der Waals surface area contributed by atoms with Gasteiger partial charge in [-0.2, -0.15) is 0 Å². The predicted octanol–water partition coefficient (Wildman–Crippen LogP) is 2.18. The SMILES string of the molecule is COC(=O)c1cc(NCCCN(C)C)c(Br)cc1N. The van der Waals surface area contributed by atoms with Crippen LogP contribution in [0.1, 0.15) is 16.8 Å². The van der Waals surface area contributed by atoms with Gasteiger partial charge in [0.2, 0.25) is 0 Å². The van der Waals surface area contributed by atoms with Crippen LogP contribution in [0.25, 0.3) is 0 Å². The Morgan fingerprint density at radius 2 is 2.16 bits per heavy atom. The molecule has 0 unspecified atom stereocenters. The number of nitrogens with two attached hydrogens (primary N) is 1. The molecule has 1 aromatic carbocycles. The molecule has 5 nitrogen and oxygen atoms in total. The van der Waals surface area contributed by atoms with Crippen molar-refractivity contribution >= 4 is 33.3 Å². The Bertz CT molecular complexity index is 450. The van der Waals surface area contributed by atoms with Gasteiger partial charge in [-0.05, 0) is 55.1 Å². The smallest absolute Gasteiger partial charge is 0.340 e. The highest BCUT2D eigenvalue weighted by Gasteiger charge is 2.13. The number of esters is 1. The van der Waals surface area contributed by atoms with Gasteiger partial charge in [-0.25, -0.2) is 4.79 Å². The number of halogens is 1. The van der Waals surface area contributed by atoms with E-state index in [0.717, 1.165) is 29.7 Å². The molecule has 1 rings (SSSR count). The quantitative estimate of drug-likeness (QED) is 0.475. The van der Waals surface area contributed by atoms with Gasteiger partial charge in [-0.15, -0.1) is 0 Å². The van der Waals surface area contributed by atoms with Crippen LogP contribution in [0, 0.1) is 0 Å². The number of anilines is 2. The van der Waals surface area contributed by atoms with E-state index < -0.39 is 5.97 Å². The molecule has 19 heavy (non-hydrogen) atoms. The molecule has 0 fully saturated rings. The van der Waals surface area contributed by atoms with E-state index in [1.807, 2.05) is 14.1 Å². The number of carbonyl (C=O) groups is 1. The van der Waals surface area contributed by atoms with Crippen LogP contribution >= 0.6 is 15.9 Å². The normalized spacial score (nSPS) is 10.6. The number of hydrogen-bond donors (Lipinski definition) is 2. The Labute approximate surface area is 122 Å². The van der Waals surface area contributed by atoms with Crippen molar-refractivity contribution in [2.45, 2.75) is 6.42 Å². The van der Waals surface area contributed by atoms with Gasteiger partial charge in [-0.1, -0.05) is 0 Å². The number of nitrogens with one attached hydrogen (secondary N) is 1. The number of rotatable bonds is 6. The lowest BCUT2D eigenvalue weighted by Gasteiger charge is -2.13. The van der Waals surface area contributed by atoms with Gasteiger partial charge in [-0.3, -0.25) is 0 Å². The molecular formula is C13H20BrN3O2. The number of hydrogen-bond acceptors (Lipinski definition) is 5. The Balaban J connectivity index is 2.75. The summed E-state index contributed by atoms with van der Waals surface area (Å²) in [4.78, 5) is 13.7. The molecule has 0 atom stereocenters. The first-order valence-corrected chi connectivity index (χ1v) is 6.81. The van der Waals surface area contributed by atoms with Gasteiger partial charge in [0.25, 0.3) is 0 Å². The fourth-order valence-electron chi connectivity index (χ4n) is 1.63. The van der Waals surface area contributed by atoms with Crippen LogP contribution in [0.4, 0.5) is 11.4 Å². The zero-order valence-corrected chi connectivity index (χ0v) is 13.1. The summed E-state index contributed by atoms with van der Waals surface area (Å²) >= 11 is 3.43. The third kappa shape index (κ3) is 4.72. The van der Waals surface area contributed by atoms with Crippen LogP contribution in [-0.4, -0.2) is 45.2 Å². The lowest BCUT2D eigenvalue weighted by atomic mass is 10.1. The minimum atomic E-state index is -0.429. The van der Waals surface area contributed by atoms with Crippen LogP contribution in [0.5, 0.6) is 0 Å². The van der Waals surface area contributed by atoms with E-state index >= 15 is 0 Å². The van der Waals surface area contributed by atoms with Gasteiger partial charge in [0.1, 0.15) is 0 Å². The van der Waals surface area contributed by atoms with Crippen molar-refractivity contribution in [3.05, 3.63) is 22.2 Å². The molecule has 0 aliphatic carbocycles. The maximum absolute atomic E-state index is 11.6. The standard InChI is InChI=1S/C13H20BrN3O2/c1-17(2)6-4-5-16-12-7-9(13(18)19-3)11(15)8-10(12)14/h7-8,16H,4-6,15H2,1-3H3. The average molecular weight is 330 g/mol. The van der Waals surface area contributed by atoms with Gasteiger partial charge in [0.15, 0.2) is 0 Å². The third-order valence-electron chi connectivity index (χ3n) is 2.64. The fraction of sp³-hybridized carbons (Fsp3) is 0.462. The third-order valence-corrected chi connectivity index (χ3v) is 3.30. The molecule has 0 aliphatic rings. The summed E-state index contributed by atoms with van der Waals surface area (Å²) in [5.41, 5.74) is 7.41. The van der Waals surface area contributed by atoms with Crippen molar-refractivity contribution in [3.8, 4) is 0 Å². The van der Waals surface area contributed by atoms with Crippen molar-refractivity contribution in [2.24, 2.45) is 0 Å². The number of nitrogen functional groups attached to an aromatic ring is 1. The van der Waals surface area contributed by atoms with Crippen LogP contribution in [-0.2, 0) is 4.74 Å². The topological polar surface area (TPSA) is 67.6 Å². The summed E-state index contributed by atoms with van der Waals surface area (Å²) in [7, 11) is 5.41. The average Bonchev–Trinajstić information content (AvgIpc) is 2.35. The monoisotopic (exact) mass is 329 g/mol. The second-order valence-electron chi connectivity index (χ2n) is 4.49. The zero-order valence-electron chi connectivity index (χ0n) is 11.5. The summed E-state index contributed by atoms with van der Waals surface area (Å²) in [5.74, 6) is -0.429. The molecule has 0 spiro atoms. The van der Waals surface area contributed by atoms with Gasteiger partial charge in [0.05, 0.1) is 12.7 Å². The van der Waals surface area contributed by atoms with Gasteiger partial charge in [0, 0.05) is 22.4 Å². The van der Waals surface area contributed by atoms with Gasteiger partial charge >= 0.3 is 5.97 Å². The number of benzene rings is 1. The highest BCUT2D eigenvalue weighted by molar-refractivity contribution is 9.10. The summed E-state index contributed by atoms with van der Waals surface area (Å²) in [6.07, 6.45) is 1.01. The van der Waals surface area contributed by atoms with E-state index in [9.17, 15) is 4.79 Å². The molecule has 0 amide bonds. The number of carbonyl (C=O) groups excluding carboxylic acids is 1. The van der Waals surface area contributed by atoms with E-state index in [1.165, 1.54) is 7.11 Å². The molecule has 0 aliphatic heterocycles. The maximum atomic E-state index is 11.6. The Morgan fingerprint density at radius 3 is 2.74 bits per heavy atom. The molecule has 3 N–H and O–H groups in total. The summed E-state index contributed by atoms with van der Waals surface area (Å²) in [5, 5.41) is 3.28. The highest BCUT2D eigenvalue weighted by atomic mass is 79.9. The second kappa shape index (κ2) is 7.35. The molecule has 106 valence electrons. The van der Waals surface area contributed by atoms with E-state index in [0.29, 0.717) is 11.3 Å². The first-order valence-electron chi connectivity index (χ1n) is 6.01. The lowest BCUT2D eigenvalue weighted by molar-refractivity contribution is 0.0602. The molecule has 6 heteroatoms. The first kappa shape index (κ1) is 15.8. The van der Waals surface area contributed by atoms with Crippen molar-refractivity contribution in [3.63, 3.8) is 0 Å². The Morgan fingerprint density at radius 1 is 1.47 bits per heavy atom. The molecule has 1 aromatic rings. The molecule has 0 saturated heterocycles. The van der Waals surface area contributed by atoms with Crippen molar-refractivity contribution < 1.29 is 9.53 Å². The van der Waals surface area contributed by atoms with Crippen molar-refractivity contribution in [1.29, 1.82) is 0 Å². The minimum Gasteiger partial charge on any atom is -0.465 e. The molecule has 0 bridgehead atoms. The van der Waals surface area contributed by atoms with Crippen LogP contribution in [0.2, 0.25) is 0 Å². The largest absolute Gasteiger partial charge is 0.465 e. The molecular weight excluding hydrogens is 310 g/mol. The summed E-state index contributed by atoms with van der Waals surface area (Å²) in [6.45, 7) is 1.82. The van der Waals surface area contributed by atoms with Crippen LogP contribution < -0.4 is 11.1 Å². The zero-order chi connectivity index (χ0) is 14.4. The van der Waals surface area contributed by atoms with Crippen molar-refractivity contribution in [2.75, 3.05) is 45.3 Å². The molecule has 0 heterocycles. The van der Waals surface area contributed by atoms with E-state index in [4.69, 9.17) is 10.5 Å². The molecule has 0 radical (unpaired) electrons. The van der Waals surface area contributed by atoms with E-state index in [-0.39, 0.29) is 0 Å². The number of nitrogens with zero attached hydrogens (tertiary/aromatic N) is 1. The Kier molecular flexibility index (Phi) is 6.11. The van der Waals surface area contributed by atoms with E-state index in [2.05, 4.69) is 26.1 Å². The first-order chi connectivity index (χ1) is 8.95. The minimum absolute atomic E-state index is 0.376. The van der Waals surface area contributed by atoms with Crippen LogP contribution in [0.15, 0.2) is 16.6 Å². The van der Waals surface area contributed by atoms with E-state index in [1.54, 1.807) is 12.1 Å². The number of methoxy groups -OCH3 is 1. The predicted molar refractivity (Wildman–Crippen MR) is 81.6 cm³/mol. The summed E-state index contributed by atoms with van der Waals surface area (Å²) in [6, 6.07) is 3.42. The Hall–Kier alpha value is -1.27. The van der Waals surface area contributed by atoms with Crippen LogP contribution in [0.3, 0.4) is 0 Å². The molecule has 0 aromatic heterocycles. The maximum Gasteiger partial charge on any atom is 0.340 e. The lowest BCUT2D eigenvalue weighted by Crippen LogP contribution is -2.16. The molecule has 0 saturated carbocycles. The number of ether oxygens (including phenoxy) is 1. The van der Waals surface area contributed by atoms with Crippen molar-refractivity contribution in [1.82, 2.24) is 4.90 Å².